The first-order valence-electron chi connectivity index (χ1n) is 25.4. The Morgan fingerprint density at radius 2 is 0.579 bits per heavy atom. The molecule has 0 saturated carbocycles. The van der Waals surface area contributed by atoms with Gasteiger partial charge in [-0.1, -0.05) is 246 Å². The molecular formula is C51H98O6. The molecule has 0 aliphatic heterocycles. The third-order valence-electron chi connectivity index (χ3n) is 11.5. The summed E-state index contributed by atoms with van der Waals surface area (Å²) in [5, 5.41) is 0. The van der Waals surface area contributed by atoms with Crippen LogP contribution < -0.4 is 0 Å². The largest absolute Gasteiger partial charge is 0.462 e. The van der Waals surface area contributed by atoms with Crippen LogP contribution in [-0.2, 0) is 28.6 Å². The molecule has 0 unspecified atom stereocenters. The van der Waals surface area contributed by atoms with Crippen LogP contribution in [0.1, 0.15) is 285 Å². The third-order valence-corrected chi connectivity index (χ3v) is 11.5. The van der Waals surface area contributed by atoms with E-state index in [1.165, 1.54) is 180 Å². The van der Waals surface area contributed by atoms with Crippen LogP contribution in [-0.4, -0.2) is 37.2 Å². The van der Waals surface area contributed by atoms with E-state index in [4.69, 9.17) is 14.2 Å². The van der Waals surface area contributed by atoms with Crippen molar-refractivity contribution in [3.63, 3.8) is 0 Å². The minimum Gasteiger partial charge on any atom is -0.462 e. The minimum absolute atomic E-state index is 0.0629. The second-order valence-electron chi connectivity index (χ2n) is 17.9. The lowest BCUT2D eigenvalue weighted by atomic mass is 10.0. The Hall–Kier alpha value is -1.59. The molecule has 0 rings (SSSR count). The molecule has 6 nitrogen and oxygen atoms in total. The zero-order valence-electron chi connectivity index (χ0n) is 38.8. The number of rotatable bonds is 46. The van der Waals surface area contributed by atoms with Crippen molar-refractivity contribution < 1.29 is 28.6 Å². The summed E-state index contributed by atoms with van der Waals surface area (Å²) in [5.74, 6) is -0.0222. The molecule has 0 aromatic rings. The van der Waals surface area contributed by atoms with Crippen LogP contribution in [0.4, 0.5) is 0 Å². The fourth-order valence-corrected chi connectivity index (χ4v) is 7.69. The van der Waals surface area contributed by atoms with E-state index in [-0.39, 0.29) is 31.1 Å². The van der Waals surface area contributed by atoms with E-state index < -0.39 is 6.10 Å². The zero-order valence-corrected chi connectivity index (χ0v) is 38.8. The number of carbonyl (C=O) groups excluding carboxylic acids is 3. The van der Waals surface area contributed by atoms with E-state index in [1.807, 2.05) is 0 Å². The molecule has 0 heterocycles. The highest BCUT2D eigenvalue weighted by Gasteiger charge is 2.19. The van der Waals surface area contributed by atoms with Crippen molar-refractivity contribution in [1.82, 2.24) is 0 Å². The van der Waals surface area contributed by atoms with Crippen LogP contribution in [0, 0.1) is 5.92 Å². The molecule has 0 fully saturated rings. The number of carbonyl (C=O) groups is 3. The summed E-state index contributed by atoms with van der Waals surface area (Å²) >= 11 is 0. The molecular weight excluding hydrogens is 709 g/mol. The quantitative estimate of drug-likeness (QED) is 0.0346. The SMILES string of the molecule is CCCCCCCCCCCCCCCCCC(=O)OC[C@H](COC(=O)CCCCCCCCCCCC)OC(=O)CCCCCCCCCCCCCC(C)C. The van der Waals surface area contributed by atoms with Gasteiger partial charge in [-0.05, 0) is 25.2 Å². The first-order chi connectivity index (χ1) is 27.9. The van der Waals surface area contributed by atoms with Gasteiger partial charge in [-0.15, -0.1) is 0 Å². The van der Waals surface area contributed by atoms with Crippen molar-refractivity contribution in [3.8, 4) is 0 Å². The van der Waals surface area contributed by atoms with E-state index in [0.29, 0.717) is 19.3 Å². The van der Waals surface area contributed by atoms with E-state index >= 15 is 0 Å². The summed E-state index contributed by atoms with van der Waals surface area (Å²) in [4.78, 5) is 37.9. The predicted molar refractivity (Wildman–Crippen MR) is 243 cm³/mol. The summed E-state index contributed by atoms with van der Waals surface area (Å²) in [6.07, 6.45) is 46.6. The molecule has 338 valence electrons. The number of esters is 3. The lowest BCUT2D eigenvalue weighted by molar-refractivity contribution is -0.167. The molecule has 0 amide bonds. The Morgan fingerprint density at radius 1 is 0.333 bits per heavy atom. The van der Waals surface area contributed by atoms with E-state index in [1.54, 1.807) is 0 Å². The van der Waals surface area contributed by atoms with Crippen LogP contribution in [0.15, 0.2) is 0 Å². The van der Waals surface area contributed by atoms with Gasteiger partial charge in [0.25, 0.3) is 0 Å². The lowest BCUT2D eigenvalue weighted by Gasteiger charge is -2.18. The molecule has 0 saturated heterocycles. The zero-order chi connectivity index (χ0) is 41.7. The van der Waals surface area contributed by atoms with Crippen molar-refractivity contribution in [2.75, 3.05) is 13.2 Å². The van der Waals surface area contributed by atoms with Gasteiger partial charge in [-0.25, -0.2) is 0 Å². The third kappa shape index (κ3) is 45.3. The maximum absolute atomic E-state index is 12.8. The molecule has 0 radical (unpaired) electrons. The van der Waals surface area contributed by atoms with Crippen molar-refractivity contribution in [2.45, 2.75) is 291 Å². The van der Waals surface area contributed by atoms with E-state index in [0.717, 1.165) is 63.7 Å². The van der Waals surface area contributed by atoms with Crippen LogP contribution >= 0.6 is 0 Å². The van der Waals surface area contributed by atoms with Gasteiger partial charge in [0.15, 0.2) is 6.10 Å². The van der Waals surface area contributed by atoms with Gasteiger partial charge < -0.3 is 14.2 Å². The predicted octanol–water partition coefficient (Wildman–Crippen LogP) is 16.3. The topological polar surface area (TPSA) is 78.9 Å². The smallest absolute Gasteiger partial charge is 0.306 e. The molecule has 0 aromatic heterocycles. The summed E-state index contributed by atoms with van der Waals surface area (Å²) in [6.45, 7) is 9.01. The van der Waals surface area contributed by atoms with Crippen LogP contribution in [0.25, 0.3) is 0 Å². The van der Waals surface area contributed by atoms with Gasteiger partial charge in [0.05, 0.1) is 0 Å². The van der Waals surface area contributed by atoms with Gasteiger partial charge in [0.1, 0.15) is 13.2 Å². The maximum Gasteiger partial charge on any atom is 0.306 e. The Balaban J connectivity index is 4.29. The molecule has 0 aliphatic carbocycles. The molecule has 57 heavy (non-hydrogen) atoms. The molecule has 0 aromatic carbocycles. The molecule has 0 bridgehead atoms. The fourth-order valence-electron chi connectivity index (χ4n) is 7.69. The summed E-state index contributed by atoms with van der Waals surface area (Å²) in [7, 11) is 0. The van der Waals surface area contributed by atoms with Gasteiger partial charge >= 0.3 is 17.9 Å². The molecule has 0 N–H and O–H groups in total. The standard InChI is InChI=1S/C51H98O6/c1-5-7-9-11-13-15-17-18-19-20-23-27-31-35-39-43-50(53)56-46-48(45-55-49(52)42-38-34-30-26-16-14-12-10-8-6-2)57-51(54)44-40-36-32-28-24-21-22-25-29-33-37-41-47(3)4/h47-48H,5-46H2,1-4H3/t48-/m0/s1. The Kier molecular flexibility index (Phi) is 44.2. The summed E-state index contributed by atoms with van der Waals surface area (Å²) in [5.41, 5.74) is 0. The van der Waals surface area contributed by atoms with Crippen molar-refractivity contribution in [1.29, 1.82) is 0 Å². The highest BCUT2D eigenvalue weighted by molar-refractivity contribution is 5.71. The van der Waals surface area contributed by atoms with Gasteiger partial charge in [0.2, 0.25) is 0 Å². The maximum atomic E-state index is 12.8. The number of hydrogen-bond donors (Lipinski definition) is 0. The average Bonchev–Trinajstić information content (AvgIpc) is 3.19. The van der Waals surface area contributed by atoms with Crippen molar-refractivity contribution in [3.05, 3.63) is 0 Å². The number of unbranched alkanes of at least 4 members (excludes halogenated alkanes) is 33. The van der Waals surface area contributed by atoms with Crippen LogP contribution in [0.3, 0.4) is 0 Å². The second kappa shape index (κ2) is 45.5. The van der Waals surface area contributed by atoms with Gasteiger partial charge in [0, 0.05) is 19.3 Å². The highest BCUT2D eigenvalue weighted by atomic mass is 16.6. The minimum atomic E-state index is -0.760. The van der Waals surface area contributed by atoms with E-state index in [9.17, 15) is 14.4 Å². The first kappa shape index (κ1) is 55.4. The van der Waals surface area contributed by atoms with Crippen LogP contribution in [0.2, 0.25) is 0 Å². The summed E-state index contributed by atoms with van der Waals surface area (Å²) < 4.78 is 16.8. The van der Waals surface area contributed by atoms with E-state index in [2.05, 4.69) is 27.7 Å². The first-order valence-corrected chi connectivity index (χ1v) is 25.4. The molecule has 6 heteroatoms. The monoisotopic (exact) mass is 807 g/mol. The number of ether oxygens (including phenoxy) is 3. The Morgan fingerprint density at radius 3 is 0.860 bits per heavy atom. The second-order valence-corrected chi connectivity index (χ2v) is 17.9. The van der Waals surface area contributed by atoms with Crippen molar-refractivity contribution >= 4 is 17.9 Å². The van der Waals surface area contributed by atoms with Gasteiger partial charge in [-0.2, -0.15) is 0 Å². The van der Waals surface area contributed by atoms with Crippen LogP contribution in [0.5, 0.6) is 0 Å². The molecule has 0 aliphatic rings. The van der Waals surface area contributed by atoms with Crippen molar-refractivity contribution in [2.24, 2.45) is 5.92 Å². The average molecular weight is 807 g/mol. The summed E-state index contributed by atoms with van der Waals surface area (Å²) in [6, 6.07) is 0. The fraction of sp³-hybridized carbons (Fsp3) is 0.941. The molecule has 0 spiro atoms. The highest BCUT2D eigenvalue weighted by Crippen LogP contribution is 2.17. The Bertz CT molecular complexity index is 857. The number of hydrogen-bond acceptors (Lipinski definition) is 6. The normalized spacial score (nSPS) is 11.9. The lowest BCUT2D eigenvalue weighted by Crippen LogP contribution is -2.30. The van der Waals surface area contributed by atoms with Gasteiger partial charge in [-0.3, -0.25) is 14.4 Å². The Labute approximate surface area is 355 Å². The molecule has 1 atom stereocenters.